The van der Waals surface area contributed by atoms with Gasteiger partial charge < -0.3 is 0 Å². The molecule has 0 amide bonds. The molecule has 2 aromatic heterocycles. The van der Waals surface area contributed by atoms with Gasteiger partial charge in [0, 0.05) is 10.1 Å². The van der Waals surface area contributed by atoms with Gasteiger partial charge >= 0.3 is 0 Å². The number of fused-ring (bicyclic) bond motifs is 3. The third-order valence-corrected chi connectivity index (χ3v) is 4.35. The number of rotatable bonds is 0. The molecule has 0 fully saturated rings. The Kier molecular flexibility index (Phi) is 1.66. The van der Waals surface area contributed by atoms with E-state index < -0.39 is 0 Å². The van der Waals surface area contributed by atoms with E-state index in [4.69, 9.17) is 0 Å². The number of aryl methyl sites for hydroxylation is 2. The SMILES string of the molecule is Cc1nc2c(cc(C)c3sccc32)s1. The maximum absolute atomic E-state index is 4.58. The predicted molar refractivity (Wildman–Crippen MR) is 64.5 cm³/mol. The van der Waals surface area contributed by atoms with Gasteiger partial charge in [-0.15, -0.1) is 22.7 Å². The molecule has 14 heavy (non-hydrogen) atoms. The summed E-state index contributed by atoms with van der Waals surface area (Å²) in [7, 11) is 0. The molecule has 3 rings (SSSR count). The summed E-state index contributed by atoms with van der Waals surface area (Å²) in [6.07, 6.45) is 0. The summed E-state index contributed by atoms with van der Waals surface area (Å²) in [4.78, 5) is 4.58. The number of aromatic nitrogens is 1. The molecular formula is C11H9NS2. The van der Waals surface area contributed by atoms with Gasteiger partial charge in [0.1, 0.15) is 0 Å². The molecule has 2 heterocycles. The molecule has 70 valence electrons. The van der Waals surface area contributed by atoms with E-state index in [1.54, 1.807) is 22.7 Å². The lowest BCUT2D eigenvalue weighted by Crippen LogP contribution is -1.74. The summed E-state index contributed by atoms with van der Waals surface area (Å²) in [5.41, 5.74) is 2.54. The average Bonchev–Trinajstić information content (AvgIpc) is 2.69. The fourth-order valence-electron chi connectivity index (χ4n) is 1.80. The zero-order chi connectivity index (χ0) is 9.71. The zero-order valence-corrected chi connectivity index (χ0v) is 9.63. The molecule has 0 saturated carbocycles. The Morgan fingerprint density at radius 1 is 1.29 bits per heavy atom. The van der Waals surface area contributed by atoms with Crippen LogP contribution in [0.15, 0.2) is 17.5 Å². The second kappa shape index (κ2) is 2.78. The van der Waals surface area contributed by atoms with Crippen molar-refractivity contribution >= 4 is 43.0 Å². The molecule has 3 aromatic rings. The fourth-order valence-corrected chi connectivity index (χ4v) is 3.62. The Bertz CT molecular complexity index is 619. The summed E-state index contributed by atoms with van der Waals surface area (Å²) in [6, 6.07) is 4.42. The first kappa shape index (κ1) is 8.38. The van der Waals surface area contributed by atoms with Crippen LogP contribution in [0.25, 0.3) is 20.3 Å². The van der Waals surface area contributed by atoms with Crippen molar-refractivity contribution in [3.63, 3.8) is 0 Å². The molecule has 0 unspecified atom stereocenters. The third kappa shape index (κ3) is 1.03. The van der Waals surface area contributed by atoms with Gasteiger partial charge in [-0.3, -0.25) is 0 Å². The smallest absolute Gasteiger partial charge is 0.0908 e. The van der Waals surface area contributed by atoms with Gasteiger partial charge in [-0.25, -0.2) is 4.98 Å². The highest BCUT2D eigenvalue weighted by Crippen LogP contribution is 2.34. The van der Waals surface area contributed by atoms with Gasteiger partial charge in [-0.2, -0.15) is 0 Å². The van der Waals surface area contributed by atoms with Crippen molar-refractivity contribution in [2.45, 2.75) is 13.8 Å². The summed E-state index contributed by atoms with van der Waals surface area (Å²) in [5, 5.41) is 4.61. The number of thiazole rings is 1. The number of benzene rings is 1. The molecule has 1 aromatic carbocycles. The Morgan fingerprint density at radius 3 is 3.00 bits per heavy atom. The quantitative estimate of drug-likeness (QED) is 0.554. The number of hydrogen-bond acceptors (Lipinski definition) is 3. The number of hydrogen-bond donors (Lipinski definition) is 0. The van der Waals surface area contributed by atoms with Crippen molar-refractivity contribution in [1.82, 2.24) is 4.98 Å². The largest absolute Gasteiger partial charge is 0.241 e. The molecule has 0 spiro atoms. The minimum absolute atomic E-state index is 1.15. The van der Waals surface area contributed by atoms with E-state index in [1.807, 2.05) is 0 Å². The van der Waals surface area contributed by atoms with E-state index in [0.717, 1.165) is 5.01 Å². The second-order valence-corrected chi connectivity index (χ2v) is 5.59. The highest BCUT2D eigenvalue weighted by atomic mass is 32.1. The van der Waals surface area contributed by atoms with Crippen molar-refractivity contribution in [3.8, 4) is 0 Å². The summed E-state index contributed by atoms with van der Waals surface area (Å²) in [5.74, 6) is 0. The van der Waals surface area contributed by atoms with Crippen LogP contribution in [0.3, 0.4) is 0 Å². The van der Waals surface area contributed by atoms with Gasteiger partial charge in [-0.1, -0.05) is 0 Å². The Labute approximate surface area is 90.0 Å². The standard InChI is InChI=1S/C11H9NS2/c1-6-5-9-10(12-7(2)14-9)8-3-4-13-11(6)8/h3-5H,1-2H3. The van der Waals surface area contributed by atoms with Gasteiger partial charge in [0.2, 0.25) is 0 Å². The molecule has 0 aliphatic carbocycles. The van der Waals surface area contributed by atoms with E-state index >= 15 is 0 Å². The van der Waals surface area contributed by atoms with Crippen LogP contribution in [0.5, 0.6) is 0 Å². The minimum atomic E-state index is 1.15. The van der Waals surface area contributed by atoms with E-state index in [0.29, 0.717) is 0 Å². The lowest BCUT2D eigenvalue weighted by molar-refractivity contribution is 1.35. The van der Waals surface area contributed by atoms with Crippen LogP contribution in [0.2, 0.25) is 0 Å². The first-order chi connectivity index (χ1) is 6.75. The first-order valence-electron chi connectivity index (χ1n) is 4.49. The van der Waals surface area contributed by atoms with Crippen LogP contribution in [0, 0.1) is 13.8 Å². The van der Waals surface area contributed by atoms with E-state index in [2.05, 4.69) is 36.3 Å². The predicted octanol–water partition coefficient (Wildman–Crippen LogP) is 4.13. The molecule has 0 bridgehead atoms. The molecule has 0 aliphatic heterocycles. The number of thiophene rings is 1. The van der Waals surface area contributed by atoms with Crippen molar-refractivity contribution in [2.24, 2.45) is 0 Å². The fraction of sp³-hybridized carbons (Fsp3) is 0.182. The molecule has 0 saturated heterocycles. The van der Waals surface area contributed by atoms with Crippen LogP contribution in [-0.2, 0) is 0 Å². The van der Waals surface area contributed by atoms with Crippen LogP contribution in [-0.4, -0.2) is 4.98 Å². The maximum atomic E-state index is 4.58. The summed E-state index contributed by atoms with van der Waals surface area (Å²) < 4.78 is 2.69. The summed E-state index contributed by atoms with van der Waals surface area (Å²) in [6.45, 7) is 4.24. The van der Waals surface area contributed by atoms with E-state index in [1.165, 1.54) is 25.9 Å². The topological polar surface area (TPSA) is 12.9 Å². The monoisotopic (exact) mass is 219 g/mol. The highest BCUT2D eigenvalue weighted by Gasteiger charge is 2.08. The van der Waals surface area contributed by atoms with Crippen molar-refractivity contribution in [3.05, 3.63) is 28.1 Å². The third-order valence-electron chi connectivity index (χ3n) is 2.39. The van der Waals surface area contributed by atoms with Crippen LogP contribution in [0.4, 0.5) is 0 Å². The van der Waals surface area contributed by atoms with Crippen molar-refractivity contribution in [2.75, 3.05) is 0 Å². The average molecular weight is 219 g/mol. The van der Waals surface area contributed by atoms with E-state index in [-0.39, 0.29) is 0 Å². The second-order valence-electron chi connectivity index (χ2n) is 3.44. The van der Waals surface area contributed by atoms with E-state index in [9.17, 15) is 0 Å². The maximum Gasteiger partial charge on any atom is 0.0908 e. The molecule has 0 atom stereocenters. The minimum Gasteiger partial charge on any atom is -0.241 e. The van der Waals surface area contributed by atoms with Crippen molar-refractivity contribution in [1.29, 1.82) is 0 Å². The molecular weight excluding hydrogens is 210 g/mol. The summed E-state index contributed by atoms with van der Waals surface area (Å²) >= 11 is 3.58. The van der Waals surface area contributed by atoms with Crippen LogP contribution < -0.4 is 0 Å². The number of nitrogens with zero attached hydrogens (tertiary/aromatic N) is 1. The zero-order valence-electron chi connectivity index (χ0n) is 8.00. The van der Waals surface area contributed by atoms with Gasteiger partial charge in [-0.05, 0) is 36.9 Å². The molecule has 0 aliphatic rings. The Hall–Kier alpha value is -0.930. The van der Waals surface area contributed by atoms with Gasteiger partial charge in [0.05, 0.1) is 15.2 Å². The Morgan fingerprint density at radius 2 is 2.14 bits per heavy atom. The molecule has 3 heteroatoms. The highest BCUT2D eigenvalue weighted by molar-refractivity contribution is 7.20. The van der Waals surface area contributed by atoms with Gasteiger partial charge in [0.25, 0.3) is 0 Å². The van der Waals surface area contributed by atoms with Crippen LogP contribution >= 0.6 is 22.7 Å². The normalized spacial score (nSPS) is 11.6. The van der Waals surface area contributed by atoms with Gasteiger partial charge in [0.15, 0.2) is 0 Å². The van der Waals surface area contributed by atoms with Crippen LogP contribution in [0.1, 0.15) is 10.6 Å². The molecule has 1 nitrogen and oxygen atoms in total. The Balaban J connectivity index is 2.64. The van der Waals surface area contributed by atoms with Crippen molar-refractivity contribution < 1.29 is 0 Å². The molecule has 0 radical (unpaired) electrons. The molecule has 0 N–H and O–H groups in total. The lowest BCUT2D eigenvalue weighted by Gasteiger charge is -1.95. The first-order valence-corrected chi connectivity index (χ1v) is 6.19. The lowest BCUT2D eigenvalue weighted by atomic mass is 10.2.